The molecule has 1 N–H and O–H groups in total. The van der Waals surface area contributed by atoms with Crippen molar-refractivity contribution in [2.45, 2.75) is 26.4 Å². The van der Waals surface area contributed by atoms with Crippen LogP contribution in [0.3, 0.4) is 0 Å². The number of pyridine rings is 1. The molecule has 0 radical (unpaired) electrons. The van der Waals surface area contributed by atoms with Crippen molar-refractivity contribution in [3.05, 3.63) is 81.2 Å². The van der Waals surface area contributed by atoms with E-state index in [1.165, 1.54) is 12.1 Å². The van der Waals surface area contributed by atoms with E-state index < -0.39 is 6.04 Å². The molecule has 2 aromatic carbocycles. The zero-order chi connectivity index (χ0) is 25.2. The fourth-order valence-electron chi connectivity index (χ4n) is 4.83. The highest BCUT2D eigenvalue weighted by molar-refractivity contribution is 5.81. The molecule has 188 valence electrons. The molecule has 1 atom stereocenters. The Hall–Kier alpha value is -3.63. The van der Waals surface area contributed by atoms with Crippen molar-refractivity contribution in [1.29, 1.82) is 0 Å². The number of nitrogens with zero attached hydrogens (tertiary/aromatic N) is 6. The van der Waals surface area contributed by atoms with Gasteiger partial charge < -0.3 is 14.6 Å². The van der Waals surface area contributed by atoms with Crippen LogP contribution in [-0.4, -0.2) is 70.0 Å². The van der Waals surface area contributed by atoms with Crippen molar-refractivity contribution < 1.29 is 9.13 Å². The number of H-pyrrole nitrogens is 1. The van der Waals surface area contributed by atoms with Crippen LogP contribution in [0.25, 0.3) is 10.9 Å². The number of ether oxygens (including phenoxy) is 1. The van der Waals surface area contributed by atoms with Gasteiger partial charge in [0.25, 0.3) is 5.56 Å². The molecule has 0 bridgehead atoms. The molecule has 3 heterocycles. The number of fused-ring (bicyclic) bond motifs is 1. The maximum absolute atomic E-state index is 13.4. The molecule has 4 aromatic rings. The lowest BCUT2D eigenvalue weighted by Gasteiger charge is -2.39. The van der Waals surface area contributed by atoms with Crippen LogP contribution in [0.1, 0.15) is 28.6 Å². The number of tetrazole rings is 1. The first kappa shape index (κ1) is 24.1. The van der Waals surface area contributed by atoms with E-state index in [4.69, 9.17) is 4.74 Å². The second-order valence-corrected chi connectivity index (χ2v) is 9.23. The molecule has 0 aliphatic carbocycles. The molecule has 1 aliphatic heterocycles. The molecule has 2 aromatic heterocycles. The molecule has 0 spiro atoms. The fraction of sp³-hybridized carbons (Fsp3) is 0.385. The minimum absolute atomic E-state index is 0.155. The van der Waals surface area contributed by atoms with Gasteiger partial charge in [0.1, 0.15) is 11.9 Å². The number of halogens is 1. The molecule has 36 heavy (non-hydrogen) atoms. The molecule has 1 aliphatic rings. The summed E-state index contributed by atoms with van der Waals surface area (Å²) in [5.74, 6) is 0.359. The highest BCUT2D eigenvalue weighted by atomic mass is 19.1. The van der Waals surface area contributed by atoms with Gasteiger partial charge >= 0.3 is 0 Å². The first-order chi connectivity index (χ1) is 17.4. The normalized spacial score (nSPS) is 15.5. The quantitative estimate of drug-likeness (QED) is 0.425. The van der Waals surface area contributed by atoms with Crippen LogP contribution in [0, 0.1) is 19.7 Å². The Morgan fingerprint density at radius 1 is 1.06 bits per heavy atom. The topological polar surface area (TPSA) is 92.2 Å². The lowest BCUT2D eigenvalue weighted by molar-refractivity contribution is 0.171. The minimum Gasteiger partial charge on any atom is -0.383 e. The van der Waals surface area contributed by atoms with Gasteiger partial charge in [-0.25, -0.2) is 9.07 Å². The first-order valence-corrected chi connectivity index (χ1v) is 12.1. The van der Waals surface area contributed by atoms with Crippen LogP contribution in [0.15, 0.2) is 47.3 Å². The third kappa shape index (κ3) is 4.74. The maximum atomic E-state index is 13.4. The maximum Gasteiger partial charge on any atom is 0.253 e. The van der Waals surface area contributed by atoms with Crippen molar-refractivity contribution in [2.24, 2.45) is 0 Å². The van der Waals surface area contributed by atoms with E-state index in [0.717, 1.165) is 40.8 Å². The Balaban J connectivity index is 1.52. The molecule has 0 amide bonds. The predicted octanol–water partition coefficient (Wildman–Crippen LogP) is 2.83. The Kier molecular flexibility index (Phi) is 6.80. The van der Waals surface area contributed by atoms with E-state index in [-0.39, 0.29) is 11.4 Å². The van der Waals surface area contributed by atoms with E-state index in [2.05, 4.69) is 43.3 Å². The number of methoxy groups -OCH3 is 1. The van der Waals surface area contributed by atoms with Gasteiger partial charge in [-0.1, -0.05) is 0 Å². The molecule has 1 fully saturated rings. The van der Waals surface area contributed by atoms with Gasteiger partial charge in [-0.2, -0.15) is 0 Å². The summed E-state index contributed by atoms with van der Waals surface area (Å²) < 4.78 is 20.4. The third-order valence-electron chi connectivity index (χ3n) is 6.96. The summed E-state index contributed by atoms with van der Waals surface area (Å²) in [6, 6.07) is 12.2. The highest BCUT2D eigenvalue weighted by Gasteiger charge is 2.32. The van der Waals surface area contributed by atoms with Gasteiger partial charge in [-0.05, 0) is 83.3 Å². The molecule has 9 nitrogen and oxygen atoms in total. The molecule has 5 rings (SSSR count). The average Bonchev–Trinajstić information content (AvgIpc) is 3.33. The zero-order valence-corrected chi connectivity index (χ0v) is 20.7. The number of aryl methyl sites for hydroxylation is 2. The summed E-state index contributed by atoms with van der Waals surface area (Å²) in [6.45, 7) is 7.86. The van der Waals surface area contributed by atoms with Crippen molar-refractivity contribution in [3.8, 4) is 0 Å². The molecular formula is C26H30FN7O2. The van der Waals surface area contributed by atoms with E-state index in [1.54, 1.807) is 23.9 Å². The van der Waals surface area contributed by atoms with Gasteiger partial charge in [0.2, 0.25) is 0 Å². The molecule has 1 saturated heterocycles. The lowest BCUT2D eigenvalue weighted by Crippen LogP contribution is -2.49. The van der Waals surface area contributed by atoms with Crippen molar-refractivity contribution in [3.63, 3.8) is 0 Å². The van der Waals surface area contributed by atoms with Crippen LogP contribution in [0.5, 0.6) is 0 Å². The number of hydrogen-bond acceptors (Lipinski definition) is 7. The number of aromatic amines is 1. The zero-order valence-electron chi connectivity index (χ0n) is 20.7. The van der Waals surface area contributed by atoms with Crippen LogP contribution >= 0.6 is 0 Å². The number of benzene rings is 2. The second-order valence-electron chi connectivity index (χ2n) is 9.23. The standard InChI is InChI=1S/C26H30FN7O2/c1-17-14-19-16-22(26(35)28-23(19)15-18(17)2)24(25-29-30-31-34(25)12-13-36-3)33-10-8-32(9-11-33)21-6-4-20(27)5-7-21/h4-7,14-16,24H,8-13H2,1-3H3,(H,28,35)/t24-/m0/s1. The SMILES string of the molecule is COCCn1nnnc1[C@H](c1cc2cc(C)c(C)cc2[nH]c1=O)N1CCN(c2ccc(F)cc2)CC1. The van der Waals surface area contributed by atoms with Crippen molar-refractivity contribution in [2.75, 3.05) is 44.8 Å². The summed E-state index contributed by atoms with van der Waals surface area (Å²) in [5, 5.41) is 13.4. The number of hydrogen-bond donors (Lipinski definition) is 1. The Morgan fingerprint density at radius 2 is 1.78 bits per heavy atom. The molecule has 0 saturated carbocycles. The predicted molar refractivity (Wildman–Crippen MR) is 136 cm³/mol. The molecule has 10 heteroatoms. The van der Waals surface area contributed by atoms with Gasteiger partial charge in [0.05, 0.1) is 13.2 Å². The number of aromatic nitrogens is 5. The van der Waals surface area contributed by atoms with Crippen molar-refractivity contribution >= 4 is 16.6 Å². The first-order valence-electron chi connectivity index (χ1n) is 12.1. The summed E-state index contributed by atoms with van der Waals surface area (Å²) in [7, 11) is 1.63. The average molecular weight is 492 g/mol. The summed E-state index contributed by atoms with van der Waals surface area (Å²) in [4.78, 5) is 21.0. The van der Waals surface area contributed by atoms with Crippen LogP contribution in [-0.2, 0) is 11.3 Å². The Bertz CT molecular complexity index is 1410. The Morgan fingerprint density at radius 3 is 2.50 bits per heavy atom. The van der Waals surface area contributed by atoms with Crippen LogP contribution in [0.2, 0.25) is 0 Å². The number of anilines is 1. The number of rotatable bonds is 7. The van der Waals surface area contributed by atoms with E-state index >= 15 is 0 Å². The lowest BCUT2D eigenvalue weighted by atomic mass is 10.00. The van der Waals surface area contributed by atoms with E-state index in [9.17, 15) is 9.18 Å². The van der Waals surface area contributed by atoms with Crippen molar-refractivity contribution in [1.82, 2.24) is 30.1 Å². The largest absolute Gasteiger partial charge is 0.383 e. The smallest absolute Gasteiger partial charge is 0.253 e. The molecular weight excluding hydrogens is 461 g/mol. The van der Waals surface area contributed by atoms with E-state index in [1.807, 2.05) is 19.1 Å². The second kappa shape index (κ2) is 10.2. The van der Waals surface area contributed by atoms with E-state index in [0.29, 0.717) is 37.6 Å². The highest BCUT2D eigenvalue weighted by Crippen LogP contribution is 2.29. The van der Waals surface area contributed by atoms with Gasteiger partial charge in [0, 0.05) is 50.1 Å². The minimum atomic E-state index is -0.429. The summed E-state index contributed by atoms with van der Waals surface area (Å²) in [5.41, 5.74) is 4.53. The van der Waals surface area contributed by atoms with Gasteiger partial charge in [0.15, 0.2) is 5.82 Å². The number of nitrogens with one attached hydrogen (secondary N) is 1. The number of piperazine rings is 1. The summed E-state index contributed by atoms with van der Waals surface area (Å²) in [6.07, 6.45) is 0. The van der Waals surface area contributed by atoms with Crippen LogP contribution in [0.4, 0.5) is 10.1 Å². The summed E-state index contributed by atoms with van der Waals surface area (Å²) >= 11 is 0. The third-order valence-corrected chi connectivity index (χ3v) is 6.96. The van der Waals surface area contributed by atoms with Crippen LogP contribution < -0.4 is 10.5 Å². The van der Waals surface area contributed by atoms with Gasteiger partial charge in [-0.15, -0.1) is 5.10 Å². The molecule has 0 unspecified atom stereocenters. The monoisotopic (exact) mass is 491 g/mol. The fourth-order valence-corrected chi connectivity index (χ4v) is 4.83. The van der Waals surface area contributed by atoms with Gasteiger partial charge in [-0.3, -0.25) is 9.69 Å². The Labute approximate surface area is 208 Å².